The number of nitrogens with two attached hydrogens (primary N) is 1. The Morgan fingerprint density at radius 3 is 2.68 bits per heavy atom. The van der Waals surface area contributed by atoms with Crippen molar-refractivity contribution in [3.8, 4) is 0 Å². The average molecular weight is 367 g/mol. The molecule has 0 aliphatic heterocycles. The number of benzene rings is 2. The van der Waals surface area contributed by atoms with Gasteiger partial charge in [-0.1, -0.05) is 12.1 Å². The molecule has 19 heavy (non-hydrogen) atoms. The van der Waals surface area contributed by atoms with Crippen LogP contribution in [0, 0.1) is 10.5 Å². The lowest BCUT2D eigenvalue weighted by Crippen LogP contribution is -2.17. The lowest BCUT2D eigenvalue weighted by Gasteiger charge is -2.10. The van der Waals surface area contributed by atoms with Gasteiger partial charge in [-0.3, -0.25) is 10.6 Å². The fraction of sp³-hybridized carbons (Fsp3) is 0.0714. The summed E-state index contributed by atoms with van der Waals surface area (Å²) in [4.78, 5) is 12.2. The summed E-state index contributed by atoms with van der Waals surface area (Å²) in [5.74, 6) is 5.26. The van der Waals surface area contributed by atoms with E-state index in [0.29, 0.717) is 11.3 Å². The zero-order chi connectivity index (χ0) is 13.8. The Bertz CT molecular complexity index is 613. The molecule has 0 fully saturated rings. The van der Waals surface area contributed by atoms with E-state index in [-0.39, 0.29) is 5.91 Å². The number of hydrazine groups is 1. The molecule has 0 saturated heterocycles. The molecule has 0 aromatic heterocycles. The highest BCUT2D eigenvalue weighted by molar-refractivity contribution is 14.1. The van der Waals surface area contributed by atoms with Gasteiger partial charge in [-0.05, 0) is 65.4 Å². The summed E-state index contributed by atoms with van der Waals surface area (Å²) in [7, 11) is 0. The smallest absolute Gasteiger partial charge is 0.257 e. The predicted molar refractivity (Wildman–Crippen MR) is 86.1 cm³/mol. The van der Waals surface area contributed by atoms with Crippen molar-refractivity contribution < 1.29 is 4.79 Å². The van der Waals surface area contributed by atoms with Crippen molar-refractivity contribution in [1.82, 2.24) is 0 Å². The number of hydrogen-bond donors (Lipinski definition) is 3. The molecule has 1 amide bonds. The van der Waals surface area contributed by atoms with Gasteiger partial charge in [0.2, 0.25) is 0 Å². The molecule has 4 N–H and O–H groups in total. The highest BCUT2D eigenvalue weighted by Crippen LogP contribution is 2.19. The SMILES string of the molecule is Cc1ccc(C(=O)Nc2cccc(I)c2)c(NN)c1. The van der Waals surface area contributed by atoms with Crippen LogP contribution in [0.25, 0.3) is 0 Å². The molecule has 0 saturated carbocycles. The number of aryl methyl sites for hydroxylation is 1. The Balaban J connectivity index is 2.25. The molecule has 0 heterocycles. The van der Waals surface area contributed by atoms with Crippen LogP contribution in [-0.2, 0) is 0 Å². The van der Waals surface area contributed by atoms with Crippen LogP contribution in [0.4, 0.5) is 11.4 Å². The minimum Gasteiger partial charge on any atom is -0.323 e. The minimum atomic E-state index is -0.185. The van der Waals surface area contributed by atoms with Gasteiger partial charge < -0.3 is 10.7 Å². The molecular weight excluding hydrogens is 353 g/mol. The van der Waals surface area contributed by atoms with Crippen LogP contribution in [-0.4, -0.2) is 5.91 Å². The molecule has 0 aliphatic carbocycles. The molecular formula is C14H14IN3O. The van der Waals surface area contributed by atoms with Crippen molar-refractivity contribution >= 4 is 39.9 Å². The van der Waals surface area contributed by atoms with Gasteiger partial charge in [-0.25, -0.2) is 0 Å². The molecule has 0 spiro atoms. The standard InChI is InChI=1S/C14H14IN3O/c1-9-5-6-12(13(7-9)18-16)14(19)17-11-4-2-3-10(15)8-11/h2-8,18H,16H2,1H3,(H,17,19). The highest BCUT2D eigenvalue weighted by atomic mass is 127. The summed E-state index contributed by atoms with van der Waals surface area (Å²) >= 11 is 2.20. The van der Waals surface area contributed by atoms with E-state index < -0.39 is 0 Å². The van der Waals surface area contributed by atoms with E-state index in [1.807, 2.05) is 43.3 Å². The van der Waals surface area contributed by atoms with Gasteiger partial charge in [0, 0.05) is 9.26 Å². The first kappa shape index (κ1) is 13.8. The fourth-order valence-corrected chi connectivity index (χ4v) is 2.28. The molecule has 98 valence electrons. The van der Waals surface area contributed by atoms with Crippen molar-refractivity contribution in [1.29, 1.82) is 0 Å². The topological polar surface area (TPSA) is 67.2 Å². The second-order valence-corrected chi connectivity index (χ2v) is 5.40. The third-order valence-corrected chi connectivity index (χ3v) is 3.33. The summed E-state index contributed by atoms with van der Waals surface area (Å²) in [6.45, 7) is 1.95. The Kier molecular flexibility index (Phi) is 4.39. The second kappa shape index (κ2) is 6.03. The zero-order valence-corrected chi connectivity index (χ0v) is 12.6. The molecule has 5 heteroatoms. The van der Waals surface area contributed by atoms with Crippen LogP contribution in [0.2, 0.25) is 0 Å². The third kappa shape index (κ3) is 3.45. The van der Waals surface area contributed by atoms with Crippen LogP contribution < -0.4 is 16.6 Å². The van der Waals surface area contributed by atoms with Crippen molar-refractivity contribution in [2.45, 2.75) is 6.92 Å². The third-order valence-electron chi connectivity index (χ3n) is 2.66. The first-order chi connectivity index (χ1) is 9.10. The van der Waals surface area contributed by atoms with Gasteiger partial charge in [0.15, 0.2) is 0 Å². The lowest BCUT2D eigenvalue weighted by atomic mass is 10.1. The number of anilines is 2. The summed E-state index contributed by atoms with van der Waals surface area (Å²) in [6.07, 6.45) is 0. The Morgan fingerprint density at radius 1 is 1.21 bits per heavy atom. The molecule has 4 nitrogen and oxygen atoms in total. The maximum Gasteiger partial charge on any atom is 0.257 e. The molecule has 0 radical (unpaired) electrons. The lowest BCUT2D eigenvalue weighted by molar-refractivity contribution is 0.102. The van der Waals surface area contributed by atoms with Crippen molar-refractivity contribution in [3.63, 3.8) is 0 Å². The molecule has 2 aromatic rings. The van der Waals surface area contributed by atoms with Crippen LogP contribution in [0.1, 0.15) is 15.9 Å². The Labute approximate surface area is 125 Å². The number of rotatable bonds is 3. The molecule has 0 aliphatic rings. The van der Waals surface area contributed by atoms with Crippen LogP contribution in [0.15, 0.2) is 42.5 Å². The number of halogens is 1. The van der Waals surface area contributed by atoms with E-state index in [1.165, 1.54) is 0 Å². The maximum absolute atomic E-state index is 12.2. The predicted octanol–water partition coefficient (Wildman–Crippen LogP) is 3.14. The number of carbonyl (C=O) groups excluding carboxylic acids is 1. The van der Waals surface area contributed by atoms with E-state index in [0.717, 1.165) is 14.8 Å². The van der Waals surface area contributed by atoms with E-state index in [1.54, 1.807) is 6.07 Å². The van der Waals surface area contributed by atoms with E-state index in [2.05, 4.69) is 33.3 Å². The van der Waals surface area contributed by atoms with Crippen LogP contribution in [0.3, 0.4) is 0 Å². The number of hydrogen-bond acceptors (Lipinski definition) is 3. The van der Waals surface area contributed by atoms with Gasteiger partial charge in [-0.2, -0.15) is 0 Å². The van der Waals surface area contributed by atoms with Crippen molar-refractivity contribution in [3.05, 3.63) is 57.2 Å². The monoisotopic (exact) mass is 367 g/mol. The number of nitrogen functional groups attached to an aromatic ring is 1. The van der Waals surface area contributed by atoms with Gasteiger partial charge in [0.05, 0.1) is 11.3 Å². The van der Waals surface area contributed by atoms with Crippen molar-refractivity contribution in [2.24, 2.45) is 5.84 Å². The van der Waals surface area contributed by atoms with Crippen LogP contribution >= 0.6 is 22.6 Å². The quantitative estimate of drug-likeness (QED) is 0.444. The normalized spacial score (nSPS) is 10.1. The molecule has 2 rings (SSSR count). The van der Waals surface area contributed by atoms with Gasteiger partial charge in [-0.15, -0.1) is 0 Å². The Morgan fingerprint density at radius 2 is 2.00 bits per heavy atom. The van der Waals surface area contributed by atoms with E-state index >= 15 is 0 Å². The summed E-state index contributed by atoms with van der Waals surface area (Å²) in [6, 6.07) is 13.1. The maximum atomic E-state index is 12.2. The number of carbonyl (C=O) groups is 1. The van der Waals surface area contributed by atoms with Crippen molar-refractivity contribution in [2.75, 3.05) is 10.7 Å². The number of amides is 1. The fourth-order valence-electron chi connectivity index (χ4n) is 1.74. The van der Waals surface area contributed by atoms with E-state index in [4.69, 9.17) is 5.84 Å². The zero-order valence-electron chi connectivity index (χ0n) is 10.4. The first-order valence-corrected chi connectivity index (χ1v) is 6.82. The summed E-state index contributed by atoms with van der Waals surface area (Å²) in [5, 5.41) is 2.85. The minimum absolute atomic E-state index is 0.185. The summed E-state index contributed by atoms with van der Waals surface area (Å²) < 4.78 is 1.07. The van der Waals surface area contributed by atoms with E-state index in [9.17, 15) is 4.79 Å². The molecule has 2 aromatic carbocycles. The largest absolute Gasteiger partial charge is 0.323 e. The first-order valence-electron chi connectivity index (χ1n) is 5.74. The van der Waals surface area contributed by atoms with Crippen LogP contribution in [0.5, 0.6) is 0 Å². The highest BCUT2D eigenvalue weighted by Gasteiger charge is 2.11. The summed E-state index contributed by atoms with van der Waals surface area (Å²) in [5.41, 5.74) is 5.49. The molecule has 0 bridgehead atoms. The molecule has 0 atom stereocenters. The van der Waals surface area contributed by atoms with Gasteiger partial charge >= 0.3 is 0 Å². The Hall–Kier alpha value is -1.60. The van der Waals surface area contributed by atoms with Gasteiger partial charge in [0.25, 0.3) is 5.91 Å². The molecule has 0 unspecified atom stereocenters. The average Bonchev–Trinajstić information content (AvgIpc) is 2.38. The van der Waals surface area contributed by atoms with Gasteiger partial charge in [0.1, 0.15) is 0 Å². The second-order valence-electron chi connectivity index (χ2n) is 4.16. The number of nitrogens with one attached hydrogen (secondary N) is 2.